The average Bonchev–Trinajstić information content (AvgIpc) is 2.92. The molecule has 0 amide bonds. The van der Waals surface area contributed by atoms with Crippen molar-refractivity contribution in [1.29, 1.82) is 0 Å². The predicted molar refractivity (Wildman–Crippen MR) is 73.9 cm³/mol. The van der Waals surface area contributed by atoms with Gasteiger partial charge < -0.3 is 5.32 Å². The van der Waals surface area contributed by atoms with Gasteiger partial charge in [-0.25, -0.2) is 13.2 Å². The van der Waals surface area contributed by atoms with E-state index in [2.05, 4.69) is 12.2 Å². The standard InChI is InChI=1S/C16H22F3N/c1-3-10-5-6-11(9-10)16(20-4-2)12-7-8-13(17)15(19)14(12)18/h7-8,10-11,16,20H,3-6,9H2,1-2H3. The first-order chi connectivity index (χ1) is 9.58. The number of hydrogen-bond donors (Lipinski definition) is 1. The molecule has 1 N–H and O–H groups in total. The average molecular weight is 285 g/mol. The lowest BCUT2D eigenvalue weighted by Gasteiger charge is -2.25. The van der Waals surface area contributed by atoms with Crippen LogP contribution in [0.15, 0.2) is 12.1 Å². The smallest absolute Gasteiger partial charge is 0.194 e. The lowest BCUT2D eigenvalue weighted by molar-refractivity contribution is 0.341. The third kappa shape index (κ3) is 3.00. The van der Waals surface area contributed by atoms with Crippen molar-refractivity contribution in [2.75, 3.05) is 6.54 Å². The number of benzene rings is 1. The summed E-state index contributed by atoms with van der Waals surface area (Å²) < 4.78 is 40.5. The molecule has 2 rings (SSSR count). The van der Waals surface area contributed by atoms with Gasteiger partial charge >= 0.3 is 0 Å². The highest BCUT2D eigenvalue weighted by atomic mass is 19.2. The topological polar surface area (TPSA) is 12.0 Å². The highest BCUT2D eigenvalue weighted by molar-refractivity contribution is 5.24. The minimum Gasteiger partial charge on any atom is -0.310 e. The zero-order valence-corrected chi connectivity index (χ0v) is 12.1. The number of hydrogen-bond acceptors (Lipinski definition) is 1. The Labute approximate surface area is 118 Å². The second-order valence-corrected chi connectivity index (χ2v) is 5.65. The summed E-state index contributed by atoms with van der Waals surface area (Å²) >= 11 is 0. The summed E-state index contributed by atoms with van der Waals surface area (Å²) in [6, 6.07) is 2.16. The maximum Gasteiger partial charge on any atom is 0.194 e. The summed E-state index contributed by atoms with van der Waals surface area (Å²) in [5.41, 5.74) is 0.257. The van der Waals surface area contributed by atoms with Crippen LogP contribution in [-0.4, -0.2) is 6.54 Å². The first-order valence-corrected chi connectivity index (χ1v) is 7.45. The molecular formula is C16H22F3N. The molecule has 0 aromatic heterocycles. The molecule has 4 heteroatoms. The zero-order chi connectivity index (χ0) is 14.7. The lowest BCUT2D eigenvalue weighted by Crippen LogP contribution is -2.28. The van der Waals surface area contributed by atoms with E-state index in [1.165, 1.54) is 6.07 Å². The molecule has 0 aliphatic heterocycles. The van der Waals surface area contributed by atoms with Crippen molar-refractivity contribution in [3.8, 4) is 0 Å². The molecule has 0 bridgehead atoms. The summed E-state index contributed by atoms with van der Waals surface area (Å²) in [7, 11) is 0. The fourth-order valence-electron chi connectivity index (χ4n) is 3.32. The molecule has 0 heterocycles. The molecule has 1 aliphatic rings. The second-order valence-electron chi connectivity index (χ2n) is 5.65. The molecule has 1 fully saturated rings. The Bertz CT molecular complexity index is 461. The third-order valence-corrected chi connectivity index (χ3v) is 4.45. The molecule has 1 aromatic rings. The van der Waals surface area contributed by atoms with Gasteiger partial charge in [-0.1, -0.05) is 32.8 Å². The summed E-state index contributed by atoms with van der Waals surface area (Å²) in [5.74, 6) is -2.58. The van der Waals surface area contributed by atoms with Gasteiger partial charge in [-0.2, -0.15) is 0 Å². The van der Waals surface area contributed by atoms with E-state index in [-0.39, 0.29) is 11.6 Å². The van der Waals surface area contributed by atoms with Crippen molar-refractivity contribution in [2.45, 2.75) is 45.6 Å². The Morgan fingerprint density at radius 2 is 1.90 bits per heavy atom. The SMILES string of the molecule is CCNC(c1ccc(F)c(F)c1F)C1CCC(CC)C1. The van der Waals surface area contributed by atoms with E-state index in [0.717, 1.165) is 31.7 Å². The van der Waals surface area contributed by atoms with Gasteiger partial charge in [0.2, 0.25) is 0 Å². The predicted octanol–water partition coefficient (Wildman–Crippen LogP) is 4.58. The molecule has 3 unspecified atom stereocenters. The largest absolute Gasteiger partial charge is 0.310 e. The molecule has 1 nitrogen and oxygen atoms in total. The van der Waals surface area contributed by atoms with Crippen LogP contribution in [0.25, 0.3) is 0 Å². The number of rotatable bonds is 5. The highest BCUT2D eigenvalue weighted by Crippen LogP contribution is 2.41. The van der Waals surface area contributed by atoms with Crippen LogP contribution in [0.3, 0.4) is 0 Å². The van der Waals surface area contributed by atoms with Crippen LogP contribution < -0.4 is 5.32 Å². The Morgan fingerprint density at radius 1 is 1.15 bits per heavy atom. The van der Waals surface area contributed by atoms with Crippen molar-refractivity contribution in [3.05, 3.63) is 35.1 Å². The molecule has 20 heavy (non-hydrogen) atoms. The first-order valence-electron chi connectivity index (χ1n) is 7.45. The second kappa shape index (κ2) is 6.61. The Balaban J connectivity index is 2.27. The molecule has 0 radical (unpaired) electrons. The number of nitrogens with one attached hydrogen (secondary N) is 1. The molecule has 1 aromatic carbocycles. The fraction of sp³-hybridized carbons (Fsp3) is 0.625. The van der Waals surface area contributed by atoms with Crippen LogP contribution >= 0.6 is 0 Å². The van der Waals surface area contributed by atoms with Gasteiger partial charge in [0, 0.05) is 11.6 Å². The van der Waals surface area contributed by atoms with Crippen LogP contribution in [0.1, 0.15) is 51.1 Å². The van der Waals surface area contributed by atoms with E-state index in [1.54, 1.807) is 0 Å². The fourth-order valence-corrected chi connectivity index (χ4v) is 3.32. The van der Waals surface area contributed by atoms with Gasteiger partial charge in [0.05, 0.1) is 0 Å². The van der Waals surface area contributed by atoms with Crippen molar-refractivity contribution in [1.82, 2.24) is 5.32 Å². The van der Waals surface area contributed by atoms with Crippen LogP contribution in [-0.2, 0) is 0 Å². The van der Waals surface area contributed by atoms with Crippen molar-refractivity contribution >= 4 is 0 Å². The van der Waals surface area contributed by atoms with E-state index in [4.69, 9.17) is 0 Å². The van der Waals surface area contributed by atoms with Gasteiger partial charge in [0.25, 0.3) is 0 Å². The maximum atomic E-state index is 14.0. The van der Waals surface area contributed by atoms with E-state index in [1.807, 2.05) is 6.92 Å². The van der Waals surface area contributed by atoms with E-state index in [9.17, 15) is 13.2 Å². The van der Waals surface area contributed by atoms with Gasteiger partial charge in [-0.05, 0) is 37.3 Å². The van der Waals surface area contributed by atoms with Crippen LogP contribution in [0, 0.1) is 29.3 Å². The minimum absolute atomic E-state index is 0.230. The van der Waals surface area contributed by atoms with Crippen molar-refractivity contribution in [2.24, 2.45) is 11.8 Å². The van der Waals surface area contributed by atoms with E-state index < -0.39 is 17.5 Å². The van der Waals surface area contributed by atoms with Crippen molar-refractivity contribution in [3.63, 3.8) is 0 Å². The lowest BCUT2D eigenvalue weighted by atomic mass is 9.90. The molecular weight excluding hydrogens is 263 g/mol. The zero-order valence-electron chi connectivity index (χ0n) is 12.1. The first kappa shape index (κ1) is 15.4. The summed E-state index contributed by atoms with van der Waals surface area (Å²) in [6.07, 6.45) is 4.28. The normalized spacial score (nSPS) is 24.1. The van der Waals surface area contributed by atoms with Gasteiger partial charge in [-0.15, -0.1) is 0 Å². The van der Waals surface area contributed by atoms with Crippen LogP contribution in [0.4, 0.5) is 13.2 Å². The van der Waals surface area contributed by atoms with E-state index >= 15 is 0 Å². The Kier molecular flexibility index (Phi) is 5.08. The van der Waals surface area contributed by atoms with Gasteiger partial charge in [-0.3, -0.25) is 0 Å². The molecule has 3 atom stereocenters. The quantitative estimate of drug-likeness (QED) is 0.781. The van der Waals surface area contributed by atoms with Crippen LogP contribution in [0.2, 0.25) is 0 Å². The number of halogens is 3. The maximum absolute atomic E-state index is 14.0. The third-order valence-electron chi connectivity index (χ3n) is 4.45. The molecule has 1 aliphatic carbocycles. The monoisotopic (exact) mass is 285 g/mol. The Hall–Kier alpha value is -1.03. The van der Waals surface area contributed by atoms with E-state index in [0.29, 0.717) is 18.4 Å². The minimum atomic E-state index is -1.37. The summed E-state index contributed by atoms with van der Waals surface area (Å²) in [6.45, 7) is 4.78. The molecule has 0 saturated heterocycles. The highest BCUT2D eigenvalue weighted by Gasteiger charge is 2.32. The Morgan fingerprint density at radius 3 is 2.50 bits per heavy atom. The summed E-state index contributed by atoms with van der Waals surface area (Å²) in [4.78, 5) is 0. The van der Waals surface area contributed by atoms with Crippen molar-refractivity contribution < 1.29 is 13.2 Å². The molecule has 0 spiro atoms. The van der Waals surface area contributed by atoms with Gasteiger partial charge in [0.15, 0.2) is 17.5 Å². The molecule has 112 valence electrons. The molecule has 1 saturated carbocycles. The van der Waals surface area contributed by atoms with Crippen LogP contribution in [0.5, 0.6) is 0 Å². The summed E-state index contributed by atoms with van der Waals surface area (Å²) in [5, 5.41) is 3.24. The van der Waals surface area contributed by atoms with Gasteiger partial charge in [0.1, 0.15) is 0 Å².